The van der Waals surface area contributed by atoms with Gasteiger partial charge in [-0.25, -0.2) is 8.42 Å². The lowest BCUT2D eigenvalue weighted by Crippen LogP contribution is -2.13. The Morgan fingerprint density at radius 2 is 1.76 bits per heavy atom. The molecule has 0 aliphatic rings. The number of aliphatic hydroxyl groups excluding tert-OH is 1. The quantitative estimate of drug-likeness (QED) is 0.864. The Balaban J connectivity index is 2.29. The van der Waals surface area contributed by atoms with Crippen molar-refractivity contribution in [3.8, 4) is 0 Å². The minimum atomic E-state index is -3.65. The molecule has 2 aromatic carbocycles. The molecule has 0 aliphatic carbocycles. The van der Waals surface area contributed by atoms with Gasteiger partial charge in [0.05, 0.1) is 16.7 Å². The summed E-state index contributed by atoms with van der Waals surface area (Å²) in [5, 5.41) is 9.44. The minimum Gasteiger partial charge on any atom is -0.389 e. The standard InChI is InChI=1S/C15H16BrNO3S/c1-10-3-8-15(14(16)9-10)17-21(19,20)13-6-4-12(5-7-13)11(2)18/h3-9,11,17-18H,1-2H3. The summed E-state index contributed by atoms with van der Waals surface area (Å²) in [7, 11) is -3.65. The maximum Gasteiger partial charge on any atom is 0.261 e. The van der Waals surface area contributed by atoms with Crippen molar-refractivity contribution in [2.24, 2.45) is 0 Å². The van der Waals surface area contributed by atoms with Gasteiger partial charge in [0.1, 0.15) is 0 Å². The molecule has 1 atom stereocenters. The fourth-order valence-electron chi connectivity index (χ4n) is 1.83. The number of aliphatic hydroxyl groups is 1. The number of benzene rings is 2. The Morgan fingerprint density at radius 3 is 2.29 bits per heavy atom. The highest BCUT2D eigenvalue weighted by molar-refractivity contribution is 9.10. The molecule has 2 N–H and O–H groups in total. The van der Waals surface area contributed by atoms with Crippen molar-refractivity contribution in [1.82, 2.24) is 0 Å². The smallest absolute Gasteiger partial charge is 0.261 e. The molecule has 0 aromatic heterocycles. The number of anilines is 1. The van der Waals surface area contributed by atoms with Crippen LogP contribution in [0.2, 0.25) is 0 Å². The largest absolute Gasteiger partial charge is 0.389 e. The van der Waals surface area contributed by atoms with Crippen LogP contribution in [0, 0.1) is 6.92 Å². The molecule has 4 nitrogen and oxygen atoms in total. The highest BCUT2D eigenvalue weighted by Gasteiger charge is 2.16. The summed E-state index contributed by atoms with van der Waals surface area (Å²) in [5.74, 6) is 0. The van der Waals surface area contributed by atoms with Crippen molar-refractivity contribution in [3.05, 3.63) is 58.1 Å². The molecule has 2 rings (SSSR count). The van der Waals surface area contributed by atoms with E-state index in [1.165, 1.54) is 12.1 Å². The first-order valence-electron chi connectivity index (χ1n) is 6.36. The molecule has 0 spiro atoms. The number of hydrogen-bond donors (Lipinski definition) is 2. The molecular formula is C15H16BrNO3S. The van der Waals surface area contributed by atoms with Gasteiger partial charge in [0, 0.05) is 4.47 Å². The lowest BCUT2D eigenvalue weighted by molar-refractivity contribution is 0.199. The van der Waals surface area contributed by atoms with Gasteiger partial charge in [-0.15, -0.1) is 0 Å². The summed E-state index contributed by atoms with van der Waals surface area (Å²) in [4.78, 5) is 0.152. The van der Waals surface area contributed by atoms with Crippen molar-refractivity contribution >= 4 is 31.6 Å². The number of halogens is 1. The summed E-state index contributed by atoms with van der Waals surface area (Å²) in [6, 6.07) is 11.5. The SMILES string of the molecule is Cc1ccc(NS(=O)(=O)c2ccc(C(C)O)cc2)c(Br)c1. The predicted octanol–water partition coefficient (Wildman–Crippen LogP) is 3.61. The van der Waals surface area contributed by atoms with Gasteiger partial charge >= 0.3 is 0 Å². The van der Waals surface area contributed by atoms with Crippen LogP contribution in [0.3, 0.4) is 0 Å². The zero-order valence-electron chi connectivity index (χ0n) is 11.7. The molecular weight excluding hydrogens is 354 g/mol. The Bertz CT molecular complexity index is 740. The second-order valence-electron chi connectivity index (χ2n) is 4.83. The van der Waals surface area contributed by atoms with E-state index >= 15 is 0 Å². The molecule has 0 aliphatic heterocycles. The number of rotatable bonds is 4. The predicted molar refractivity (Wildman–Crippen MR) is 86.8 cm³/mol. The van der Waals surface area contributed by atoms with Gasteiger partial charge in [-0.05, 0) is 65.2 Å². The fourth-order valence-corrected chi connectivity index (χ4v) is 3.64. The Kier molecular flexibility index (Phi) is 4.70. The number of sulfonamides is 1. The van der Waals surface area contributed by atoms with Gasteiger partial charge in [-0.1, -0.05) is 18.2 Å². The van der Waals surface area contributed by atoms with E-state index in [0.29, 0.717) is 15.7 Å². The van der Waals surface area contributed by atoms with Crippen LogP contribution in [0.1, 0.15) is 24.2 Å². The van der Waals surface area contributed by atoms with Gasteiger partial charge in [0.15, 0.2) is 0 Å². The van der Waals surface area contributed by atoms with Crippen LogP contribution in [0.4, 0.5) is 5.69 Å². The molecule has 6 heteroatoms. The fraction of sp³-hybridized carbons (Fsp3) is 0.200. The molecule has 21 heavy (non-hydrogen) atoms. The zero-order chi connectivity index (χ0) is 15.6. The Morgan fingerprint density at radius 1 is 1.14 bits per heavy atom. The topological polar surface area (TPSA) is 66.4 Å². The summed E-state index contributed by atoms with van der Waals surface area (Å²) in [6.07, 6.45) is -0.624. The second-order valence-corrected chi connectivity index (χ2v) is 7.37. The van der Waals surface area contributed by atoms with Crippen molar-refractivity contribution in [2.75, 3.05) is 4.72 Å². The third-order valence-electron chi connectivity index (χ3n) is 3.04. The van der Waals surface area contributed by atoms with Crippen molar-refractivity contribution < 1.29 is 13.5 Å². The normalized spacial score (nSPS) is 13.0. The van der Waals surface area contributed by atoms with E-state index in [0.717, 1.165) is 5.56 Å². The number of hydrogen-bond acceptors (Lipinski definition) is 3. The molecule has 0 radical (unpaired) electrons. The van der Waals surface area contributed by atoms with Crippen LogP contribution < -0.4 is 4.72 Å². The molecule has 0 fully saturated rings. The number of nitrogens with one attached hydrogen (secondary N) is 1. The van der Waals surface area contributed by atoms with Crippen LogP contribution in [-0.2, 0) is 10.0 Å². The first-order valence-corrected chi connectivity index (χ1v) is 8.64. The molecule has 0 saturated heterocycles. The first kappa shape index (κ1) is 16.0. The lowest BCUT2D eigenvalue weighted by Gasteiger charge is -2.11. The van der Waals surface area contributed by atoms with E-state index in [1.54, 1.807) is 25.1 Å². The second kappa shape index (κ2) is 6.17. The van der Waals surface area contributed by atoms with E-state index in [2.05, 4.69) is 20.7 Å². The summed E-state index contributed by atoms with van der Waals surface area (Å²) >= 11 is 3.34. The van der Waals surface area contributed by atoms with Crippen LogP contribution >= 0.6 is 15.9 Å². The molecule has 0 heterocycles. The van der Waals surface area contributed by atoms with E-state index in [9.17, 15) is 13.5 Å². The average Bonchev–Trinajstić information content (AvgIpc) is 2.42. The van der Waals surface area contributed by atoms with Crippen LogP contribution in [-0.4, -0.2) is 13.5 Å². The molecule has 2 aromatic rings. The van der Waals surface area contributed by atoms with Crippen molar-refractivity contribution in [2.45, 2.75) is 24.8 Å². The van der Waals surface area contributed by atoms with Crippen LogP contribution in [0.5, 0.6) is 0 Å². The average molecular weight is 370 g/mol. The van der Waals surface area contributed by atoms with Gasteiger partial charge in [0.2, 0.25) is 0 Å². The Labute approximate surface area is 133 Å². The summed E-state index contributed by atoms with van der Waals surface area (Å²) in [6.45, 7) is 3.56. The Hall–Kier alpha value is -1.37. The monoisotopic (exact) mass is 369 g/mol. The minimum absolute atomic E-state index is 0.152. The summed E-state index contributed by atoms with van der Waals surface area (Å²) in [5.41, 5.74) is 2.19. The third kappa shape index (κ3) is 3.84. The number of aryl methyl sites for hydroxylation is 1. The highest BCUT2D eigenvalue weighted by atomic mass is 79.9. The highest BCUT2D eigenvalue weighted by Crippen LogP contribution is 2.26. The van der Waals surface area contributed by atoms with Gasteiger partial charge in [-0.2, -0.15) is 0 Å². The molecule has 112 valence electrons. The zero-order valence-corrected chi connectivity index (χ0v) is 14.1. The molecule has 0 bridgehead atoms. The van der Waals surface area contributed by atoms with Crippen LogP contribution in [0.15, 0.2) is 51.8 Å². The van der Waals surface area contributed by atoms with Gasteiger partial charge in [-0.3, -0.25) is 4.72 Å². The van der Waals surface area contributed by atoms with Crippen molar-refractivity contribution in [3.63, 3.8) is 0 Å². The van der Waals surface area contributed by atoms with E-state index in [1.807, 2.05) is 19.1 Å². The summed E-state index contributed by atoms with van der Waals surface area (Å²) < 4.78 is 27.9. The first-order chi connectivity index (χ1) is 9.79. The maximum absolute atomic E-state index is 12.3. The van der Waals surface area contributed by atoms with Gasteiger partial charge in [0.25, 0.3) is 10.0 Å². The molecule has 0 amide bonds. The molecule has 0 saturated carbocycles. The maximum atomic E-state index is 12.3. The third-order valence-corrected chi connectivity index (χ3v) is 5.08. The lowest BCUT2D eigenvalue weighted by atomic mass is 10.1. The van der Waals surface area contributed by atoms with Crippen LogP contribution in [0.25, 0.3) is 0 Å². The van der Waals surface area contributed by atoms with E-state index in [-0.39, 0.29) is 4.90 Å². The molecule has 1 unspecified atom stereocenters. The van der Waals surface area contributed by atoms with Gasteiger partial charge < -0.3 is 5.11 Å². The van der Waals surface area contributed by atoms with E-state index in [4.69, 9.17) is 0 Å². The van der Waals surface area contributed by atoms with E-state index < -0.39 is 16.1 Å². The van der Waals surface area contributed by atoms with Crippen molar-refractivity contribution in [1.29, 1.82) is 0 Å².